The molecule has 1 unspecified atom stereocenters. The molecule has 0 aromatic carbocycles. The SMILES string of the molecule is CCCC(C)NS(=O)(=O)c1cnn(CCNCC)c1. The van der Waals surface area contributed by atoms with Crippen molar-refractivity contribution in [2.75, 3.05) is 13.1 Å². The summed E-state index contributed by atoms with van der Waals surface area (Å²) < 4.78 is 28.5. The van der Waals surface area contributed by atoms with Crippen molar-refractivity contribution in [3.63, 3.8) is 0 Å². The summed E-state index contributed by atoms with van der Waals surface area (Å²) in [6.07, 6.45) is 4.74. The normalized spacial score (nSPS) is 13.6. The van der Waals surface area contributed by atoms with Gasteiger partial charge in [-0.05, 0) is 19.9 Å². The first-order chi connectivity index (χ1) is 8.99. The first kappa shape index (κ1) is 16.1. The third-order valence-electron chi connectivity index (χ3n) is 2.77. The van der Waals surface area contributed by atoms with Gasteiger partial charge in [0.05, 0.1) is 12.7 Å². The topological polar surface area (TPSA) is 76.0 Å². The number of likely N-dealkylation sites (N-methyl/N-ethyl adjacent to an activating group) is 1. The highest BCUT2D eigenvalue weighted by atomic mass is 32.2. The molecule has 1 aromatic rings. The third-order valence-corrected chi connectivity index (χ3v) is 4.31. The fourth-order valence-electron chi connectivity index (χ4n) is 1.80. The van der Waals surface area contributed by atoms with Crippen molar-refractivity contribution >= 4 is 10.0 Å². The van der Waals surface area contributed by atoms with Crippen LogP contribution in [0.1, 0.15) is 33.6 Å². The Morgan fingerprint density at radius 3 is 2.79 bits per heavy atom. The van der Waals surface area contributed by atoms with E-state index in [2.05, 4.69) is 15.1 Å². The summed E-state index contributed by atoms with van der Waals surface area (Å²) in [5.41, 5.74) is 0. The van der Waals surface area contributed by atoms with Crippen molar-refractivity contribution in [3.05, 3.63) is 12.4 Å². The quantitative estimate of drug-likeness (QED) is 0.664. The molecule has 7 heteroatoms. The van der Waals surface area contributed by atoms with Gasteiger partial charge in [0.25, 0.3) is 0 Å². The Labute approximate surface area is 115 Å². The van der Waals surface area contributed by atoms with E-state index in [1.165, 1.54) is 6.20 Å². The predicted molar refractivity (Wildman–Crippen MR) is 75.5 cm³/mol. The number of nitrogens with one attached hydrogen (secondary N) is 2. The van der Waals surface area contributed by atoms with E-state index in [1.54, 1.807) is 10.9 Å². The Morgan fingerprint density at radius 2 is 2.16 bits per heavy atom. The molecular weight excluding hydrogens is 264 g/mol. The molecule has 0 aliphatic carbocycles. The van der Waals surface area contributed by atoms with E-state index in [9.17, 15) is 8.42 Å². The number of nitrogens with zero attached hydrogens (tertiary/aromatic N) is 2. The highest BCUT2D eigenvalue weighted by Crippen LogP contribution is 2.09. The molecule has 0 aliphatic rings. The van der Waals surface area contributed by atoms with Gasteiger partial charge in [0.1, 0.15) is 4.90 Å². The Hall–Kier alpha value is -0.920. The van der Waals surface area contributed by atoms with Gasteiger partial charge in [-0.15, -0.1) is 0 Å². The molecule has 0 amide bonds. The van der Waals surface area contributed by atoms with E-state index < -0.39 is 10.0 Å². The van der Waals surface area contributed by atoms with E-state index in [1.807, 2.05) is 20.8 Å². The number of aromatic nitrogens is 2. The Balaban J connectivity index is 2.63. The molecule has 2 N–H and O–H groups in total. The average molecular weight is 288 g/mol. The van der Waals surface area contributed by atoms with Gasteiger partial charge in [-0.25, -0.2) is 13.1 Å². The second kappa shape index (κ2) is 7.62. The summed E-state index contributed by atoms with van der Waals surface area (Å²) in [5.74, 6) is 0. The molecule has 1 rings (SSSR count). The maximum absolute atomic E-state index is 12.1. The molecule has 0 bridgehead atoms. The molecule has 1 atom stereocenters. The highest BCUT2D eigenvalue weighted by molar-refractivity contribution is 7.89. The van der Waals surface area contributed by atoms with Crippen molar-refractivity contribution in [2.45, 2.75) is 51.1 Å². The highest BCUT2D eigenvalue weighted by Gasteiger charge is 2.18. The van der Waals surface area contributed by atoms with Crippen molar-refractivity contribution in [1.29, 1.82) is 0 Å². The molecule has 0 saturated heterocycles. The monoisotopic (exact) mass is 288 g/mol. The zero-order valence-corrected chi connectivity index (χ0v) is 12.7. The molecule has 19 heavy (non-hydrogen) atoms. The second-order valence-electron chi connectivity index (χ2n) is 4.60. The first-order valence-electron chi connectivity index (χ1n) is 6.75. The molecule has 1 aromatic heterocycles. The molecule has 0 fully saturated rings. The van der Waals surface area contributed by atoms with Crippen molar-refractivity contribution in [1.82, 2.24) is 19.8 Å². The lowest BCUT2D eigenvalue weighted by Gasteiger charge is -2.11. The minimum atomic E-state index is -3.45. The van der Waals surface area contributed by atoms with Crippen LogP contribution in [0.4, 0.5) is 0 Å². The summed E-state index contributed by atoms with van der Waals surface area (Å²) in [6, 6.07) is -0.0555. The summed E-state index contributed by atoms with van der Waals surface area (Å²) in [7, 11) is -3.45. The van der Waals surface area contributed by atoms with Crippen LogP contribution in [0.2, 0.25) is 0 Å². The van der Waals surface area contributed by atoms with Crippen LogP contribution in [-0.2, 0) is 16.6 Å². The van der Waals surface area contributed by atoms with Gasteiger partial charge in [0.2, 0.25) is 10.0 Å². The van der Waals surface area contributed by atoms with Crippen LogP contribution in [0.3, 0.4) is 0 Å². The lowest BCUT2D eigenvalue weighted by molar-refractivity contribution is 0.542. The minimum absolute atomic E-state index is 0.0555. The van der Waals surface area contributed by atoms with Gasteiger partial charge in [-0.1, -0.05) is 20.3 Å². The maximum Gasteiger partial charge on any atom is 0.243 e. The number of rotatable bonds is 9. The van der Waals surface area contributed by atoms with Crippen LogP contribution in [0.25, 0.3) is 0 Å². The molecule has 0 saturated carbocycles. The van der Waals surface area contributed by atoms with Gasteiger partial charge >= 0.3 is 0 Å². The van der Waals surface area contributed by atoms with Crippen LogP contribution in [0.15, 0.2) is 17.3 Å². The van der Waals surface area contributed by atoms with Crippen molar-refractivity contribution < 1.29 is 8.42 Å². The zero-order chi connectivity index (χ0) is 14.3. The molecule has 0 radical (unpaired) electrons. The Bertz CT molecular complexity index is 470. The second-order valence-corrected chi connectivity index (χ2v) is 6.32. The Kier molecular flexibility index (Phi) is 6.47. The molecule has 6 nitrogen and oxygen atoms in total. The van der Waals surface area contributed by atoms with E-state index in [0.29, 0.717) is 6.54 Å². The number of sulfonamides is 1. The Morgan fingerprint density at radius 1 is 1.42 bits per heavy atom. The van der Waals surface area contributed by atoms with Gasteiger partial charge in [0, 0.05) is 18.8 Å². The van der Waals surface area contributed by atoms with Gasteiger partial charge in [-0.3, -0.25) is 4.68 Å². The molecule has 0 spiro atoms. The maximum atomic E-state index is 12.1. The van der Waals surface area contributed by atoms with E-state index in [0.717, 1.165) is 25.9 Å². The number of hydrogen-bond donors (Lipinski definition) is 2. The third kappa shape index (κ3) is 5.30. The first-order valence-corrected chi connectivity index (χ1v) is 8.23. The van der Waals surface area contributed by atoms with Crippen molar-refractivity contribution in [2.24, 2.45) is 0 Å². The fourth-order valence-corrected chi connectivity index (χ4v) is 3.03. The van der Waals surface area contributed by atoms with Gasteiger partial charge in [-0.2, -0.15) is 5.10 Å². The minimum Gasteiger partial charge on any atom is -0.315 e. The molecule has 0 aliphatic heterocycles. The van der Waals surface area contributed by atoms with Crippen LogP contribution >= 0.6 is 0 Å². The lowest BCUT2D eigenvalue weighted by Crippen LogP contribution is -2.32. The van der Waals surface area contributed by atoms with E-state index in [-0.39, 0.29) is 10.9 Å². The van der Waals surface area contributed by atoms with E-state index >= 15 is 0 Å². The summed E-state index contributed by atoms with van der Waals surface area (Å²) >= 11 is 0. The standard InChI is InChI=1S/C12H24N4O2S/c1-4-6-11(3)15-19(17,18)12-9-14-16(10-12)8-7-13-5-2/h9-11,13,15H,4-8H2,1-3H3. The summed E-state index contributed by atoms with van der Waals surface area (Å²) in [4.78, 5) is 0.229. The van der Waals surface area contributed by atoms with Gasteiger partial charge < -0.3 is 5.32 Å². The van der Waals surface area contributed by atoms with Crippen LogP contribution in [-0.4, -0.2) is 37.3 Å². The lowest BCUT2D eigenvalue weighted by atomic mass is 10.2. The largest absolute Gasteiger partial charge is 0.315 e. The molecular formula is C12H24N4O2S. The van der Waals surface area contributed by atoms with Crippen LogP contribution in [0, 0.1) is 0 Å². The van der Waals surface area contributed by atoms with Crippen molar-refractivity contribution in [3.8, 4) is 0 Å². The fraction of sp³-hybridized carbons (Fsp3) is 0.750. The summed E-state index contributed by atoms with van der Waals surface area (Å²) in [5, 5.41) is 7.23. The molecule has 1 heterocycles. The average Bonchev–Trinajstić information content (AvgIpc) is 2.78. The summed E-state index contributed by atoms with van der Waals surface area (Å²) in [6.45, 7) is 8.26. The zero-order valence-electron chi connectivity index (χ0n) is 11.9. The number of hydrogen-bond acceptors (Lipinski definition) is 4. The molecule has 110 valence electrons. The predicted octanol–water partition coefficient (Wildman–Crippen LogP) is 0.960. The van der Waals surface area contributed by atoms with Crippen LogP contribution < -0.4 is 10.0 Å². The van der Waals surface area contributed by atoms with Crippen LogP contribution in [0.5, 0.6) is 0 Å². The van der Waals surface area contributed by atoms with Gasteiger partial charge in [0.15, 0.2) is 0 Å². The van der Waals surface area contributed by atoms with E-state index in [4.69, 9.17) is 0 Å². The smallest absolute Gasteiger partial charge is 0.243 e.